The normalized spacial score (nSPS) is 18.2. The zero-order valence-electron chi connectivity index (χ0n) is 13.1. The lowest BCUT2D eigenvalue weighted by Gasteiger charge is -2.29. The Hall–Kier alpha value is -1.16. The van der Waals surface area contributed by atoms with E-state index in [0.29, 0.717) is 11.8 Å². The fourth-order valence-corrected chi connectivity index (χ4v) is 2.68. The van der Waals surface area contributed by atoms with Gasteiger partial charge < -0.3 is 10.2 Å². The first-order chi connectivity index (χ1) is 9.65. The van der Waals surface area contributed by atoms with Crippen molar-refractivity contribution in [1.29, 1.82) is 0 Å². The van der Waals surface area contributed by atoms with Crippen LogP contribution in [0, 0.1) is 5.92 Å². The topological polar surface area (TPSA) is 41.1 Å². The smallest absolute Gasteiger partial charge is 0.133 e. The van der Waals surface area contributed by atoms with E-state index >= 15 is 0 Å². The highest BCUT2D eigenvalue weighted by atomic mass is 15.1. The van der Waals surface area contributed by atoms with Crippen LogP contribution in [0.15, 0.2) is 12.3 Å². The van der Waals surface area contributed by atoms with E-state index in [1.165, 1.54) is 38.9 Å². The molecular formula is C16H28N4. The average molecular weight is 276 g/mol. The SMILES string of the molecule is CC(CNc1ccnc(C(C)C)n1)CN1CCCCC1. The molecule has 4 nitrogen and oxygen atoms in total. The van der Waals surface area contributed by atoms with Crippen LogP contribution >= 0.6 is 0 Å². The molecule has 1 aliphatic heterocycles. The Morgan fingerprint density at radius 3 is 2.65 bits per heavy atom. The summed E-state index contributed by atoms with van der Waals surface area (Å²) in [4.78, 5) is 11.4. The maximum absolute atomic E-state index is 4.56. The van der Waals surface area contributed by atoms with Gasteiger partial charge >= 0.3 is 0 Å². The van der Waals surface area contributed by atoms with Gasteiger partial charge in [0.15, 0.2) is 0 Å². The molecule has 1 N–H and O–H groups in total. The number of nitrogens with zero attached hydrogens (tertiary/aromatic N) is 3. The maximum atomic E-state index is 4.56. The van der Waals surface area contributed by atoms with Crippen LogP contribution in [0.2, 0.25) is 0 Å². The van der Waals surface area contributed by atoms with Crippen LogP contribution < -0.4 is 5.32 Å². The third-order valence-corrected chi connectivity index (χ3v) is 3.84. The van der Waals surface area contributed by atoms with Gasteiger partial charge in [-0.3, -0.25) is 0 Å². The number of nitrogens with one attached hydrogen (secondary N) is 1. The van der Waals surface area contributed by atoms with E-state index < -0.39 is 0 Å². The Bertz CT molecular complexity index is 399. The molecule has 0 radical (unpaired) electrons. The molecule has 1 saturated heterocycles. The zero-order chi connectivity index (χ0) is 14.4. The van der Waals surface area contributed by atoms with Crippen LogP contribution in [0.3, 0.4) is 0 Å². The number of hydrogen-bond acceptors (Lipinski definition) is 4. The van der Waals surface area contributed by atoms with Crippen molar-refractivity contribution in [3.05, 3.63) is 18.1 Å². The van der Waals surface area contributed by atoms with Crippen molar-refractivity contribution in [2.75, 3.05) is 31.5 Å². The van der Waals surface area contributed by atoms with Gasteiger partial charge in [0.1, 0.15) is 11.6 Å². The molecule has 1 aliphatic rings. The van der Waals surface area contributed by atoms with Gasteiger partial charge in [-0.15, -0.1) is 0 Å². The summed E-state index contributed by atoms with van der Waals surface area (Å²) in [6.07, 6.45) is 5.98. The number of rotatable bonds is 6. The van der Waals surface area contributed by atoms with Crippen molar-refractivity contribution in [2.45, 2.75) is 46.0 Å². The molecule has 1 atom stereocenters. The first-order valence-electron chi connectivity index (χ1n) is 7.94. The summed E-state index contributed by atoms with van der Waals surface area (Å²) in [5.41, 5.74) is 0. The van der Waals surface area contributed by atoms with E-state index in [1.807, 2.05) is 12.3 Å². The predicted molar refractivity (Wildman–Crippen MR) is 84.1 cm³/mol. The minimum atomic E-state index is 0.377. The molecule has 1 aromatic rings. The van der Waals surface area contributed by atoms with Crippen LogP contribution in [-0.2, 0) is 0 Å². The fraction of sp³-hybridized carbons (Fsp3) is 0.750. The molecule has 4 heteroatoms. The van der Waals surface area contributed by atoms with Gasteiger partial charge in [0.25, 0.3) is 0 Å². The van der Waals surface area contributed by atoms with Gasteiger partial charge in [0, 0.05) is 25.2 Å². The number of piperidine rings is 1. The summed E-state index contributed by atoms with van der Waals surface area (Å²) in [5.74, 6) is 2.89. The minimum Gasteiger partial charge on any atom is -0.370 e. The van der Waals surface area contributed by atoms with Crippen molar-refractivity contribution in [1.82, 2.24) is 14.9 Å². The summed E-state index contributed by atoms with van der Waals surface area (Å²) in [6, 6.07) is 1.96. The first-order valence-corrected chi connectivity index (χ1v) is 7.94. The Kier molecular flexibility index (Phi) is 5.77. The lowest BCUT2D eigenvalue weighted by atomic mass is 10.1. The molecule has 1 fully saturated rings. The molecule has 1 aromatic heterocycles. The molecule has 0 aromatic carbocycles. The lowest BCUT2D eigenvalue weighted by molar-refractivity contribution is 0.204. The summed E-state index contributed by atoms with van der Waals surface area (Å²) in [6.45, 7) is 11.3. The Labute approximate surface area is 123 Å². The molecule has 20 heavy (non-hydrogen) atoms. The average Bonchev–Trinajstić information content (AvgIpc) is 2.46. The summed E-state index contributed by atoms with van der Waals surface area (Å²) < 4.78 is 0. The Morgan fingerprint density at radius 1 is 1.20 bits per heavy atom. The fourth-order valence-electron chi connectivity index (χ4n) is 2.68. The van der Waals surface area contributed by atoms with E-state index in [9.17, 15) is 0 Å². The summed E-state index contributed by atoms with van der Waals surface area (Å²) in [7, 11) is 0. The highest BCUT2D eigenvalue weighted by Crippen LogP contribution is 2.13. The lowest BCUT2D eigenvalue weighted by Crippen LogP contribution is -2.35. The standard InChI is InChI=1S/C16H28N4/c1-13(2)16-17-8-7-15(19-16)18-11-14(3)12-20-9-5-4-6-10-20/h7-8,13-14H,4-6,9-12H2,1-3H3,(H,17,18,19). The first kappa shape index (κ1) is 15.2. The Morgan fingerprint density at radius 2 is 1.95 bits per heavy atom. The molecule has 2 rings (SSSR count). The molecule has 1 unspecified atom stereocenters. The molecule has 2 heterocycles. The van der Waals surface area contributed by atoms with Gasteiger partial charge in [-0.05, 0) is 37.9 Å². The third-order valence-electron chi connectivity index (χ3n) is 3.84. The van der Waals surface area contributed by atoms with Crippen LogP contribution in [0.25, 0.3) is 0 Å². The second kappa shape index (κ2) is 7.58. The van der Waals surface area contributed by atoms with Gasteiger partial charge in [-0.1, -0.05) is 27.2 Å². The van der Waals surface area contributed by atoms with Gasteiger partial charge in [-0.25, -0.2) is 9.97 Å². The monoisotopic (exact) mass is 276 g/mol. The predicted octanol–water partition coefficient (Wildman–Crippen LogP) is 3.13. The summed E-state index contributed by atoms with van der Waals surface area (Å²) >= 11 is 0. The van der Waals surface area contributed by atoms with Crippen LogP contribution in [0.5, 0.6) is 0 Å². The van der Waals surface area contributed by atoms with Crippen molar-refractivity contribution < 1.29 is 0 Å². The molecule has 112 valence electrons. The van der Waals surface area contributed by atoms with Crippen LogP contribution in [0.1, 0.15) is 51.8 Å². The van der Waals surface area contributed by atoms with Gasteiger partial charge in [-0.2, -0.15) is 0 Å². The van der Waals surface area contributed by atoms with E-state index in [1.54, 1.807) is 0 Å². The zero-order valence-corrected chi connectivity index (χ0v) is 13.1. The van der Waals surface area contributed by atoms with Crippen LogP contribution in [-0.4, -0.2) is 41.0 Å². The van der Waals surface area contributed by atoms with E-state index in [4.69, 9.17) is 0 Å². The largest absolute Gasteiger partial charge is 0.370 e. The molecule has 0 amide bonds. The van der Waals surface area contributed by atoms with Crippen LogP contribution in [0.4, 0.5) is 5.82 Å². The van der Waals surface area contributed by atoms with Crippen molar-refractivity contribution >= 4 is 5.82 Å². The van der Waals surface area contributed by atoms with E-state index in [2.05, 4.69) is 41.0 Å². The summed E-state index contributed by atoms with van der Waals surface area (Å²) in [5, 5.41) is 3.45. The molecule has 0 spiro atoms. The van der Waals surface area contributed by atoms with E-state index in [0.717, 1.165) is 18.2 Å². The second-order valence-corrected chi connectivity index (χ2v) is 6.30. The number of likely N-dealkylation sites (tertiary alicyclic amines) is 1. The minimum absolute atomic E-state index is 0.377. The molecule has 0 aliphatic carbocycles. The van der Waals surface area contributed by atoms with E-state index in [-0.39, 0.29) is 0 Å². The Balaban J connectivity index is 1.77. The number of aromatic nitrogens is 2. The van der Waals surface area contributed by atoms with Crippen molar-refractivity contribution in [3.8, 4) is 0 Å². The van der Waals surface area contributed by atoms with Gasteiger partial charge in [0.2, 0.25) is 0 Å². The number of hydrogen-bond donors (Lipinski definition) is 1. The molecular weight excluding hydrogens is 248 g/mol. The van der Waals surface area contributed by atoms with Gasteiger partial charge in [0.05, 0.1) is 0 Å². The third kappa shape index (κ3) is 4.75. The van der Waals surface area contributed by atoms with Crippen molar-refractivity contribution in [3.63, 3.8) is 0 Å². The maximum Gasteiger partial charge on any atom is 0.133 e. The quantitative estimate of drug-likeness (QED) is 0.866. The molecule has 0 bridgehead atoms. The van der Waals surface area contributed by atoms with Crippen molar-refractivity contribution in [2.24, 2.45) is 5.92 Å². The highest BCUT2D eigenvalue weighted by molar-refractivity contribution is 5.33. The highest BCUT2D eigenvalue weighted by Gasteiger charge is 2.13. The molecule has 0 saturated carbocycles. The second-order valence-electron chi connectivity index (χ2n) is 6.30. The number of anilines is 1.